The fourth-order valence-corrected chi connectivity index (χ4v) is 4.38. The molecule has 1 aliphatic heterocycles. The van der Waals surface area contributed by atoms with Crippen LogP contribution < -0.4 is 4.74 Å². The minimum Gasteiger partial charge on any atom is -0.484 e. The molecule has 0 spiro atoms. The summed E-state index contributed by atoms with van der Waals surface area (Å²) in [6, 6.07) is 8.09. The van der Waals surface area contributed by atoms with Gasteiger partial charge in [-0.15, -0.1) is 5.10 Å². The van der Waals surface area contributed by atoms with Crippen molar-refractivity contribution >= 4 is 10.9 Å². The monoisotopic (exact) mass is 405 g/mol. The van der Waals surface area contributed by atoms with E-state index in [2.05, 4.69) is 21.4 Å². The number of nitrogens with zero attached hydrogens (tertiary/aromatic N) is 5. The Morgan fingerprint density at radius 1 is 1.37 bits per heavy atom. The summed E-state index contributed by atoms with van der Waals surface area (Å²) >= 11 is 0. The van der Waals surface area contributed by atoms with Crippen LogP contribution in [-0.2, 0) is 17.8 Å². The number of hydrogen-bond acceptors (Lipinski definition) is 7. The van der Waals surface area contributed by atoms with E-state index >= 15 is 0 Å². The van der Waals surface area contributed by atoms with Crippen LogP contribution in [0.15, 0.2) is 30.6 Å². The molecule has 1 aromatic carbocycles. The van der Waals surface area contributed by atoms with Crippen molar-refractivity contribution in [1.29, 1.82) is 5.26 Å². The maximum atomic E-state index is 9.98. The van der Waals surface area contributed by atoms with Crippen LogP contribution in [0, 0.1) is 17.2 Å². The highest BCUT2D eigenvalue weighted by atomic mass is 16.5. The molecule has 30 heavy (non-hydrogen) atoms. The Morgan fingerprint density at radius 2 is 2.27 bits per heavy atom. The van der Waals surface area contributed by atoms with Gasteiger partial charge in [-0.05, 0) is 55.5 Å². The zero-order valence-corrected chi connectivity index (χ0v) is 16.7. The minimum absolute atomic E-state index is 0.0152. The molecular weight excluding hydrogens is 382 g/mol. The Morgan fingerprint density at radius 3 is 3.10 bits per heavy atom. The van der Waals surface area contributed by atoms with Crippen LogP contribution >= 0.6 is 0 Å². The summed E-state index contributed by atoms with van der Waals surface area (Å²) in [6.45, 7) is 3.26. The second kappa shape index (κ2) is 7.67. The quantitative estimate of drug-likeness (QED) is 0.711. The van der Waals surface area contributed by atoms with Gasteiger partial charge in [0, 0.05) is 11.6 Å². The van der Waals surface area contributed by atoms with Crippen molar-refractivity contribution in [3.8, 4) is 11.8 Å². The number of hydrogen-bond donors (Lipinski definition) is 1. The molecule has 3 aromatic rings. The van der Waals surface area contributed by atoms with Crippen molar-refractivity contribution in [3.63, 3.8) is 0 Å². The molecular formula is C22H23N5O3. The normalized spacial score (nSPS) is 24.4. The molecule has 2 aliphatic rings. The summed E-state index contributed by atoms with van der Waals surface area (Å²) in [5.41, 5.74) is 4.08. The molecule has 0 radical (unpaired) electrons. The van der Waals surface area contributed by atoms with Gasteiger partial charge in [0.2, 0.25) is 0 Å². The number of aromatic nitrogens is 4. The van der Waals surface area contributed by atoms with Crippen LogP contribution in [-0.4, -0.2) is 37.8 Å². The lowest BCUT2D eigenvalue weighted by Crippen LogP contribution is -2.11. The second-order valence-corrected chi connectivity index (χ2v) is 8.06. The average molecular weight is 405 g/mol. The van der Waals surface area contributed by atoms with Crippen LogP contribution in [0.2, 0.25) is 0 Å². The third-order valence-electron chi connectivity index (χ3n) is 6.10. The van der Waals surface area contributed by atoms with Gasteiger partial charge in [0.05, 0.1) is 49.1 Å². The van der Waals surface area contributed by atoms with Gasteiger partial charge >= 0.3 is 0 Å². The molecule has 2 aromatic heterocycles. The van der Waals surface area contributed by atoms with E-state index in [-0.39, 0.29) is 18.1 Å². The summed E-state index contributed by atoms with van der Waals surface area (Å²) in [4.78, 5) is 4.53. The molecule has 0 saturated heterocycles. The highest BCUT2D eigenvalue weighted by Crippen LogP contribution is 2.35. The van der Waals surface area contributed by atoms with Gasteiger partial charge in [-0.1, -0.05) is 5.21 Å². The molecule has 8 heteroatoms. The van der Waals surface area contributed by atoms with Crippen LogP contribution in [0.3, 0.4) is 0 Å². The first kappa shape index (κ1) is 19.0. The molecule has 8 nitrogen and oxygen atoms in total. The first-order valence-electron chi connectivity index (χ1n) is 10.3. The highest BCUT2D eigenvalue weighted by molar-refractivity contribution is 5.84. The minimum atomic E-state index is -0.608. The average Bonchev–Trinajstić information content (AvgIpc) is 3.40. The number of benzene rings is 1. The number of pyridine rings is 1. The Balaban J connectivity index is 1.34. The van der Waals surface area contributed by atoms with Crippen LogP contribution in [0.4, 0.5) is 0 Å². The molecule has 1 aliphatic carbocycles. The van der Waals surface area contributed by atoms with E-state index in [4.69, 9.17) is 14.7 Å². The van der Waals surface area contributed by atoms with E-state index in [1.807, 2.05) is 37.5 Å². The van der Waals surface area contributed by atoms with Gasteiger partial charge in [0.25, 0.3) is 0 Å². The molecule has 5 rings (SSSR count). The lowest BCUT2D eigenvalue weighted by molar-refractivity contribution is 0.111. The molecule has 3 heterocycles. The molecule has 0 amide bonds. The maximum Gasteiger partial charge on any atom is 0.141 e. The molecule has 3 unspecified atom stereocenters. The van der Waals surface area contributed by atoms with Crippen molar-refractivity contribution in [2.24, 2.45) is 5.92 Å². The summed E-state index contributed by atoms with van der Waals surface area (Å²) in [7, 11) is 0. The number of aliphatic hydroxyl groups excluding tert-OH is 1. The highest BCUT2D eigenvalue weighted by Gasteiger charge is 2.35. The van der Waals surface area contributed by atoms with Crippen molar-refractivity contribution in [2.75, 3.05) is 6.61 Å². The standard InChI is InChI=1S/C22H23N5O3/c1-13(21-11-27(26-25-21)16-6-14(9-23)22(28)7-16)30-17-2-3-20-19(8-17)18-4-5-29-12-15(18)10-24-20/h2-3,8,10-11,13-14,16,22,28H,4-7,12H2,1H3/t13-,14?,16?,22?/m1/s1. The maximum absolute atomic E-state index is 9.98. The van der Waals surface area contributed by atoms with Crippen molar-refractivity contribution in [3.05, 3.63) is 47.4 Å². The Kier molecular flexibility index (Phi) is 4.85. The predicted octanol–water partition coefficient (Wildman–Crippen LogP) is 2.87. The van der Waals surface area contributed by atoms with E-state index in [1.54, 1.807) is 4.68 Å². The van der Waals surface area contributed by atoms with Crippen molar-refractivity contribution < 1.29 is 14.6 Å². The van der Waals surface area contributed by atoms with E-state index in [9.17, 15) is 5.11 Å². The summed E-state index contributed by atoms with van der Waals surface area (Å²) in [5.74, 6) is 0.408. The van der Waals surface area contributed by atoms with Crippen LogP contribution in [0.5, 0.6) is 5.75 Å². The van der Waals surface area contributed by atoms with Gasteiger partial charge in [-0.2, -0.15) is 5.26 Å². The fraction of sp³-hybridized carbons (Fsp3) is 0.455. The van der Waals surface area contributed by atoms with E-state index in [0.29, 0.717) is 25.1 Å². The smallest absolute Gasteiger partial charge is 0.141 e. The van der Waals surface area contributed by atoms with Gasteiger partial charge in [-0.25, -0.2) is 4.68 Å². The van der Waals surface area contributed by atoms with E-state index in [1.165, 1.54) is 5.56 Å². The third kappa shape index (κ3) is 3.40. The summed E-state index contributed by atoms with van der Waals surface area (Å²) < 4.78 is 13.4. The van der Waals surface area contributed by atoms with E-state index in [0.717, 1.165) is 35.2 Å². The van der Waals surface area contributed by atoms with Crippen LogP contribution in [0.25, 0.3) is 10.9 Å². The Hall–Kier alpha value is -3.02. The van der Waals surface area contributed by atoms with Gasteiger partial charge in [0.15, 0.2) is 0 Å². The van der Waals surface area contributed by atoms with Gasteiger partial charge in [0.1, 0.15) is 17.5 Å². The third-order valence-corrected chi connectivity index (χ3v) is 6.10. The summed E-state index contributed by atoms with van der Waals surface area (Å²) in [6.07, 6.45) is 4.83. The number of nitriles is 1. The Bertz CT molecular complexity index is 1120. The fourth-order valence-electron chi connectivity index (χ4n) is 4.38. The number of rotatable bonds is 4. The SMILES string of the molecule is C[C@@H](Oc1ccc2ncc3c(c2c1)CCOC3)c1cn(C2CC(O)C(C#N)C2)nn1. The lowest BCUT2D eigenvalue weighted by atomic mass is 10.00. The van der Waals surface area contributed by atoms with Gasteiger partial charge < -0.3 is 14.6 Å². The first-order chi connectivity index (χ1) is 14.6. The first-order valence-corrected chi connectivity index (χ1v) is 10.3. The summed E-state index contributed by atoms with van der Waals surface area (Å²) in [5, 5.41) is 28.7. The lowest BCUT2D eigenvalue weighted by Gasteiger charge is -2.19. The predicted molar refractivity (Wildman–Crippen MR) is 108 cm³/mol. The van der Waals surface area contributed by atoms with Gasteiger partial charge in [-0.3, -0.25) is 4.98 Å². The van der Waals surface area contributed by atoms with Crippen molar-refractivity contribution in [2.45, 2.75) is 51.0 Å². The molecule has 1 N–H and O–H groups in total. The largest absolute Gasteiger partial charge is 0.484 e. The van der Waals surface area contributed by atoms with Crippen molar-refractivity contribution in [1.82, 2.24) is 20.0 Å². The topological polar surface area (TPSA) is 106 Å². The zero-order valence-electron chi connectivity index (χ0n) is 16.7. The Labute approximate surface area is 174 Å². The number of fused-ring (bicyclic) bond motifs is 3. The molecule has 4 atom stereocenters. The number of ether oxygens (including phenoxy) is 2. The molecule has 1 saturated carbocycles. The zero-order chi connectivity index (χ0) is 20.7. The molecule has 0 bridgehead atoms. The molecule has 1 fully saturated rings. The van der Waals surface area contributed by atoms with E-state index < -0.39 is 6.10 Å². The number of aliphatic hydroxyl groups is 1. The molecule has 154 valence electrons. The second-order valence-electron chi connectivity index (χ2n) is 8.06. The van der Waals surface area contributed by atoms with Crippen LogP contribution in [0.1, 0.15) is 48.7 Å².